The summed E-state index contributed by atoms with van der Waals surface area (Å²) in [6.07, 6.45) is 1.93. The summed E-state index contributed by atoms with van der Waals surface area (Å²) < 4.78 is 0. The maximum absolute atomic E-state index is 5.23. The number of hydrogen-bond acceptors (Lipinski definition) is 2. The minimum atomic E-state index is -0.157. The molecule has 0 radical (unpaired) electrons. The molecule has 0 saturated heterocycles. The number of aromatic nitrogens is 2. The maximum atomic E-state index is 5.23. The first kappa shape index (κ1) is 20.7. The van der Waals surface area contributed by atoms with Gasteiger partial charge < -0.3 is 0 Å². The molecule has 38 heavy (non-hydrogen) atoms. The molecule has 0 amide bonds. The third-order valence-corrected chi connectivity index (χ3v) is 9.48. The van der Waals surface area contributed by atoms with Gasteiger partial charge >= 0.3 is 0 Å². The van der Waals surface area contributed by atoms with Gasteiger partial charge in [-0.3, -0.25) is 9.97 Å². The Morgan fingerprint density at radius 3 is 2.18 bits per heavy atom. The van der Waals surface area contributed by atoms with Gasteiger partial charge in [0.25, 0.3) is 0 Å². The third kappa shape index (κ3) is 2.23. The number of nitrogens with zero attached hydrogens (tertiary/aromatic N) is 2. The largest absolute Gasteiger partial charge is 0.260 e. The first-order chi connectivity index (χ1) is 18.4. The maximum Gasteiger partial charge on any atom is 0.0706 e. The number of fused-ring (bicyclic) bond motifs is 9. The summed E-state index contributed by atoms with van der Waals surface area (Å²) in [6.45, 7) is 9.32. The van der Waals surface area contributed by atoms with Crippen molar-refractivity contribution < 1.29 is 0 Å². The van der Waals surface area contributed by atoms with Crippen LogP contribution in [0, 0.1) is 0 Å². The van der Waals surface area contributed by atoms with Crippen LogP contribution in [0.5, 0.6) is 0 Å². The molecule has 9 rings (SSSR count). The van der Waals surface area contributed by atoms with Crippen LogP contribution in [0.25, 0.3) is 65.5 Å². The summed E-state index contributed by atoms with van der Waals surface area (Å²) in [4.78, 5) is 10.1. The second-order valence-corrected chi connectivity index (χ2v) is 12.2. The number of hydrogen-bond donors (Lipinski definition) is 0. The lowest BCUT2D eigenvalue weighted by atomic mass is 9.78. The van der Waals surface area contributed by atoms with Crippen molar-refractivity contribution in [3.63, 3.8) is 0 Å². The van der Waals surface area contributed by atoms with E-state index < -0.39 is 0 Å². The van der Waals surface area contributed by atoms with Gasteiger partial charge in [-0.1, -0.05) is 76.2 Å². The molecule has 2 heterocycles. The molecule has 2 nitrogen and oxygen atoms in total. The molecular weight excluding hydrogens is 460 g/mol. The Morgan fingerprint density at radius 2 is 1.32 bits per heavy atom. The average Bonchev–Trinajstić information content (AvgIpc) is 3.29. The van der Waals surface area contributed by atoms with Crippen molar-refractivity contribution in [2.75, 3.05) is 0 Å². The molecule has 0 spiro atoms. The predicted octanol–water partition coefficient (Wildman–Crippen LogP) is 9.14. The van der Waals surface area contributed by atoms with Crippen molar-refractivity contribution >= 4 is 43.2 Å². The van der Waals surface area contributed by atoms with Gasteiger partial charge in [0.05, 0.1) is 16.9 Å². The van der Waals surface area contributed by atoms with Crippen LogP contribution in [0.15, 0.2) is 85.1 Å². The highest BCUT2D eigenvalue weighted by Crippen LogP contribution is 2.56. The van der Waals surface area contributed by atoms with Crippen molar-refractivity contribution in [1.82, 2.24) is 9.97 Å². The lowest BCUT2D eigenvalue weighted by molar-refractivity contribution is 0.641. The zero-order valence-corrected chi connectivity index (χ0v) is 22.0. The molecule has 2 heteroatoms. The molecule has 7 aromatic rings. The molecule has 0 unspecified atom stereocenters. The van der Waals surface area contributed by atoms with Crippen LogP contribution in [-0.2, 0) is 10.8 Å². The third-order valence-electron chi connectivity index (χ3n) is 9.48. The molecule has 2 aliphatic rings. The summed E-state index contributed by atoms with van der Waals surface area (Å²) in [7, 11) is 0. The van der Waals surface area contributed by atoms with Gasteiger partial charge in [-0.2, -0.15) is 0 Å². The Morgan fingerprint density at radius 1 is 0.579 bits per heavy atom. The highest BCUT2D eigenvalue weighted by molar-refractivity contribution is 6.28. The number of pyridine rings is 2. The zero-order valence-electron chi connectivity index (χ0n) is 22.0. The number of rotatable bonds is 0. The lowest BCUT2D eigenvalue weighted by Crippen LogP contribution is -2.17. The first-order valence-electron chi connectivity index (χ1n) is 13.5. The summed E-state index contributed by atoms with van der Waals surface area (Å²) in [5, 5.41) is 9.26. The molecular formula is C36H26N2. The van der Waals surface area contributed by atoms with E-state index in [0.29, 0.717) is 0 Å². The van der Waals surface area contributed by atoms with E-state index in [1.54, 1.807) is 0 Å². The van der Waals surface area contributed by atoms with Gasteiger partial charge in [-0.05, 0) is 84.9 Å². The monoisotopic (exact) mass is 486 g/mol. The topological polar surface area (TPSA) is 25.8 Å². The van der Waals surface area contributed by atoms with Crippen molar-refractivity contribution in [3.8, 4) is 22.3 Å². The first-order valence-corrected chi connectivity index (χ1v) is 13.5. The summed E-state index contributed by atoms with van der Waals surface area (Å²) >= 11 is 0. The van der Waals surface area contributed by atoms with Crippen LogP contribution >= 0.6 is 0 Å². The van der Waals surface area contributed by atoms with Crippen LogP contribution in [-0.4, -0.2) is 9.97 Å². The Balaban J connectivity index is 1.45. The minimum absolute atomic E-state index is 0.145. The molecule has 0 aliphatic heterocycles. The smallest absolute Gasteiger partial charge is 0.0706 e. The molecule has 0 fully saturated rings. The fourth-order valence-corrected chi connectivity index (χ4v) is 7.77. The fourth-order valence-electron chi connectivity index (χ4n) is 7.77. The second-order valence-electron chi connectivity index (χ2n) is 12.2. The molecule has 180 valence electrons. The normalized spacial score (nSPS) is 16.3. The van der Waals surface area contributed by atoms with E-state index in [4.69, 9.17) is 9.97 Å². The molecule has 5 aromatic carbocycles. The van der Waals surface area contributed by atoms with Crippen LogP contribution in [0.2, 0.25) is 0 Å². The Labute approximate surface area is 221 Å². The van der Waals surface area contributed by atoms with Gasteiger partial charge in [0.15, 0.2) is 0 Å². The SMILES string of the molecule is CC1(C)c2cc3ccc4cc5c(c6ccc(c2-c2cc7ccccc7nc21)c3c46)C(C)(C)c1ncccc1-5. The van der Waals surface area contributed by atoms with E-state index in [-0.39, 0.29) is 10.8 Å². The highest BCUT2D eigenvalue weighted by Gasteiger charge is 2.41. The van der Waals surface area contributed by atoms with Gasteiger partial charge in [-0.25, -0.2) is 0 Å². The van der Waals surface area contributed by atoms with Crippen LogP contribution in [0.1, 0.15) is 50.2 Å². The van der Waals surface area contributed by atoms with Gasteiger partial charge in [0.1, 0.15) is 0 Å². The number of para-hydroxylation sites is 1. The van der Waals surface area contributed by atoms with E-state index in [1.165, 1.54) is 82.5 Å². The Kier molecular flexibility index (Phi) is 3.49. The van der Waals surface area contributed by atoms with Gasteiger partial charge in [0.2, 0.25) is 0 Å². The van der Waals surface area contributed by atoms with E-state index in [9.17, 15) is 0 Å². The van der Waals surface area contributed by atoms with Gasteiger partial charge in [-0.15, -0.1) is 0 Å². The van der Waals surface area contributed by atoms with Crippen molar-refractivity contribution in [1.29, 1.82) is 0 Å². The summed E-state index contributed by atoms with van der Waals surface area (Å²) in [5.74, 6) is 0. The minimum Gasteiger partial charge on any atom is -0.260 e. The second kappa shape index (κ2) is 6.39. The molecule has 0 atom stereocenters. The standard InChI is InChI=1S/C36H26N2/c1-35(2)27-18-21-12-11-20-17-25-22-9-7-15-37-33(22)36(3,4)32(25)24-14-13-23(29(21)30(20)24)31(27)26-16-19-8-5-6-10-28(19)38-34(26)35/h5-18H,1-4H3. The van der Waals surface area contributed by atoms with E-state index >= 15 is 0 Å². The van der Waals surface area contributed by atoms with Crippen molar-refractivity contribution in [3.05, 3.63) is 108 Å². The van der Waals surface area contributed by atoms with Crippen molar-refractivity contribution in [2.24, 2.45) is 0 Å². The molecule has 2 aromatic heterocycles. The predicted molar refractivity (Wildman–Crippen MR) is 158 cm³/mol. The highest BCUT2D eigenvalue weighted by atomic mass is 14.7. The molecule has 0 N–H and O–H groups in total. The number of benzene rings is 5. The lowest BCUT2D eigenvalue weighted by Gasteiger charge is -2.24. The van der Waals surface area contributed by atoms with E-state index in [2.05, 4.69) is 107 Å². The quantitative estimate of drug-likeness (QED) is 0.200. The van der Waals surface area contributed by atoms with Gasteiger partial charge in [0, 0.05) is 33.5 Å². The van der Waals surface area contributed by atoms with E-state index in [1.807, 2.05) is 6.20 Å². The Bertz CT molecular complexity index is 2180. The zero-order chi connectivity index (χ0) is 25.6. The van der Waals surface area contributed by atoms with Crippen LogP contribution in [0.3, 0.4) is 0 Å². The molecule has 2 aliphatic carbocycles. The Hall–Kier alpha value is -4.30. The van der Waals surface area contributed by atoms with E-state index in [0.717, 1.165) is 5.52 Å². The van der Waals surface area contributed by atoms with Crippen molar-refractivity contribution in [2.45, 2.75) is 38.5 Å². The summed E-state index contributed by atoms with van der Waals surface area (Å²) in [5.41, 5.74) is 11.2. The summed E-state index contributed by atoms with van der Waals surface area (Å²) in [6, 6.07) is 29.4. The molecule has 0 saturated carbocycles. The average molecular weight is 487 g/mol. The fraction of sp³-hybridized carbons (Fsp3) is 0.167. The van der Waals surface area contributed by atoms with Crippen LogP contribution in [0.4, 0.5) is 0 Å². The van der Waals surface area contributed by atoms with Crippen LogP contribution < -0.4 is 0 Å². The molecule has 0 bridgehead atoms.